The van der Waals surface area contributed by atoms with E-state index in [4.69, 9.17) is 0 Å². The molecule has 342 valence electrons. The molecule has 6 aromatic rings. The van der Waals surface area contributed by atoms with Crippen molar-refractivity contribution in [1.29, 1.82) is 0 Å². The van der Waals surface area contributed by atoms with Crippen LogP contribution in [-0.2, 0) is 27.1 Å². The zero-order valence-electron chi connectivity index (χ0n) is 42.6. The standard InChI is InChI=1S/C63H72BN3/c1-57(2,3)41-26-29-45(30-27-41)65-52-31-28-43(58(4,5)6)37-49(52)64-50-38-44(59(7,8)9)36-48-56(50)67(62(12)34-20-21-35-63(48,62)42-22-14-13-15-23-42)54-40-46(39-53(65)55(54)64)66-51-25-17-16-24-47(51)60(10)32-18-19-33-61(60,66)11/h13-17,22-31,36-40H,18-21,32-35H2,1-12H3. The molecule has 4 heteroatoms. The molecule has 4 atom stereocenters. The second-order valence-electron chi connectivity index (χ2n) is 25.5. The van der Waals surface area contributed by atoms with Crippen LogP contribution in [0.4, 0.5) is 39.8 Å². The first-order valence-corrected chi connectivity index (χ1v) is 25.9. The van der Waals surface area contributed by atoms with E-state index in [1.165, 1.54) is 123 Å². The summed E-state index contributed by atoms with van der Waals surface area (Å²) in [7, 11) is 0. The second kappa shape index (κ2) is 14.0. The molecule has 2 saturated carbocycles. The molecule has 2 aliphatic carbocycles. The number of fused-ring (bicyclic) bond motifs is 10. The molecule has 4 aliphatic heterocycles. The van der Waals surface area contributed by atoms with E-state index < -0.39 is 0 Å². The van der Waals surface area contributed by atoms with E-state index >= 15 is 0 Å². The molecule has 0 N–H and O–H groups in total. The lowest BCUT2D eigenvalue weighted by Gasteiger charge is -2.54. The van der Waals surface area contributed by atoms with Gasteiger partial charge in [-0.05, 0) is 142 Å². The lowest BCUT2D eigenvalue weighted by atomic mass is 9.33. The molecule has 0 spiro atoms. The second-order valence-corrected chi connectivity index (χ2v) is 25.5. The monoisotopic (exact) mass is 882 g/mol. The highest BCUT2D eigenvalue weighted by atomic mass is 15.3. The van der Waals surface area contributed by atoms with Crippen molar-refractivity contribution in [3.8, 4) is 0 Å². The van der Waals surface area contributed by atoms with E-state index in [0.29, 0.717) is 0 Å². The Kier molecular flexibility index (Phi) is 8.97. The smallest absolute Gasteiger partial charge is 0.252 e. The third kappa shape index (κ3) is 5.65. The Hall–Kier alpha value is -5.22. The van der Waals surface area contributed by atoms with Crippen molar-refractivity contribution in [2.45, 2.75) is 173 Å². The topological polar surface area (TPSA) is 9.72 Å². The van der Waals surface area contributed by atoms with Crippen molar-refractivity contribution in [2.75, 3.05) is 14.7 Å². The zero-order valence-corrected chi connectivity index (χ0v) is 42.6. The average Bonchev–Trinajstić information content (AvgIpc) is 3.66. The molecule has 3 nitrogen and oxygen atoms in total. The first-order valence-electron chi connectivity index (χ1n) is 25.9. The van der Waals surface area contributed by atoms with Crippen LogP contribution in [0.25, 0.3) is 0 Å². The van der Waals surface area contributed by atoms with E-state index in [1.807, 2.05) is 0 Å². The Balaban J connectivity index is 1.24. The maximum atomic E-state index is 2.97. The molecular weight excluding hydrogens is 810 g/mol. The van der Waals surface area contributed by atoms with Gasteiger partial charge < -0.3 is 14.7 Å². The molecule has 2 fully saturated rings. The number of hydrogen-bond donors (Lipinski definition) is 0. The first-order chi connectivity index (χ1) is 31.7. The van der Waals surface area contributed by atoms with Gasteiger partial charge in [0.2, 0.25) is 0 Å². The quantitative estimate of drug-likeness (QED) is 0.164. The molecule has 0 aromatic heterocycles. The van der Waals surface area contributed by atoms with Crippen LogP contribution in [0.3, 0.4) is 0 Å². The van der Waals surface area contributed by atoms with Crippen LogP contribution in [0, 0.1) is 0 Å². The number of hydrogen-bond acceptors (Lipinski definition) is 3. The third-order valence-corrected chi connectivity index (χ3v) is 18.7. The molecule has 0 saturated heterocycles. The van der Waals surface area contributed by atoms with Crippen molar-refractivity contribution in [3.05, 3.63) is 155 Å². The predicted molar refractivity (Wildman–Crippen MR) is 287 cm³/mol. The summed E-state index contributed by atoms with van der Waals surface area (Å²) in [5.74, 6) is 0. The fourth-order valence-electron chi connectivity index (χ4n) is 14.9. The van der Waals surface area contributed by atoms with Crippen LogP contribution < -0.4 is 31.1 Å². The van der Waals surface area contributed by atoms with Gasteiger partial charge in [-0.25, -0.2) is 0 Å². The van der Waals surface area contributed by atoms with Gasteiger partial charge in [-0.3, -0.25) is 0 Å². The highest BCUT2D eigenvalue weighted by Crippen LogP contribution is 2.66. The normalized spacial score (nSPS) is 25.9. The largest absolute Gasteiger partial charge is 0.335 e. The van der Waals surface area contributed by atoms with Gasteiger partial charge in [0.1, 0.15) is 0 Å². The van der Waals surface area contributed by atoms with Crippen molar-refractivity contribution in [3.63, 3.8) is 0 Å². The van der Waals surface area contributed by atoms with Gasteiger partial charge in [0.05, 0.1) is 11.1 Å². The van der Waals surface area contributed by atoms with Crippen LogP contribution in [0.2, 0.25) is 0 Å². The summed E-state index contributed by atoms with van der Waals surface area (Å²) < 4.78 is 0. The summed E-state index contributed by atoms with van der Waals surface area (Å²) in [4.78, 5) is 8.49. The van der Waals surface area contributed by atoms with Gasteiger partial charge in [-0.1, -0.05) is 180 Å². The van der Waals surface area contributed by atoms with Crippen LogP contribution >= 0.6 is 0 Å². The minimum absolute atomic E-state index is 0.0118. The molecule has 0 radical (unpaired) electrons. The van der Waals surface area contributed by atoms with Gasteiger partial charge in [0, 0.05) is 50.6 Å². The van der Waals surface area contributed by atoms with E-state index in [-0.39, 0.29) is 44.9 Å². The maximum Gasteiger partial charge on any atom is 0.252 e. The number of anilines is 7. The summed E-state index contributed by atoms with van der Waals surface area (Å²) in [6.45, 7) is 29.4. The molecule has 4 heterocycles. The fraction of sp³-hybridized carbons (Fsp3) is 0.429. The lowest BCUT2D eigenvalue weighted by Crippen LogP contribution is -2.65. The average molecular weight is 882 g/mol. The molecule has 12 rings (SSSR count). The van der Waals surface area contributed by atoms with Gasteiger partial charge in [-0.15, -0.1) is 0 Å². The van der Waals surface area contributed by atoms with Crippen molar-refractivity contribution < 1.29 is 0 Å². The van der Waals surface area contributed by atoms with E-state index in [2.05, 4.69) is 219 Å². The van der Waals surface area contributed by atoms with Gasteiger partial charge in [0.15, 0.2) is 0 Å². The summed E-state index contributed by atoms with van der Waals surface area (Å²) in [6.07, 6.45) is 9.64. The van der Waals surface area contributed by atoms with Crippen LogP contribution in [0.15, 0.2) is 121 Å². The van der Waals surface area contributed by atoms with E-state index in [9.17, 15) is 0 Å². The minimum Gasteiger partial charge on any atom is -0.335 e. The molecular formula is C63H72BN3. The highest BCUT2D eigenvalue weighted by Gasteiger charge is 2.65. The van der Waals surface area contributed by atoms with Crippen LogP contribution in [-0.4, -0.2) is 17.8 Å². The third-order valence-electron chi connectivity index (χ3n) is 18.7. The molecule has 6 aliphatic rings. The molecule has 6 aromatic carbocycles. The van der Waals surface area contributed by atoms with Crippen LogP contribution in [0.5, 0.6) is 0 Å². The van der Waals surface area contributed by atoms with Gasteiger partial charge in [-0.2, -0.15) is 0 Å². The van der Waals surface area contributed by atoms with Crippen molar-refractivity contribution >= 4 is 62.9 Å². The number of rotatable bonds is 3. The predicted octanol–water partition coefficient (Wildman–Crippen LogP) is 14.7. The molecule has 0 bridgehead atoms. The van der Waals surface area contributed by atoms with Crippen LogP contribution in [0.1, 0.15) is 168 Å². The fourth-order valence-corrected chi connectivity index (χ4v) is 14.9. The summed E-state index contributed by atoms with van der Waals surface area (Å²) in [5, 5.41) is 0. The maximum absolute atomic E-state index is 2.97. The molecule has 0 amide bonds. The summed E-state index contributed by atoms with van der Waals surface area (Å²) in [6, 6.07) is 49.1. The zero-order chi connectivity index (χ0) is 46.8. The van der Waals surface area contributed by atoms with Gasteiger partial charge in [0.25, 0.3) is 6.71 Å². The minimum atomic E-state index is -0.198. The Bertz CT molecular complexity index is 3000. The highest BCUT2D eigenvalue weighted by molar-refractivity contribution is 7.00. The lowest BCUT2D eigenvalue weighted by molar-refractivity contribution is 0.195. The van der Waals surface area contributed by atoms with Gasteiger partial charge >= 0.3 is 0 Å². The van der Waals surface area contributed by atoms with Crippen molar-refractivity contribution in [1.82, 2.24) is 0 Å². The Morgan fingerprint density at radius 2 is 1.04 bits per heavy atom. The summed E-state index contributed by atoms with van der Waals surface area (Å²) >= 11 is 0. The first kappa shape index (κ1) is 43.1. The number of nitrogens with zero attached hydrogens (tertiary/aromatic N) is 3. The van der Waals surface area contributed by atoms with Crippen molar-refractivity contribution in [2.24, 2.45) is 0 Å². The molecule has 4 unspecified atom stereocenters. The van der Waals surface area contributed by atoms with E-state index in [0.717, 1.165) is 12.8 Å². The SMILES string of the molecule is CC(C)(C)c1ccc(N2c3ccc(C(C)(C)C)cc3B3c4cc(C(C)(C)C)cc5c4N(c4cc(N6c7ccccc7C7(C)CCCCC67C)cc2c43)C2(C)CCCCC52c2ccccc2)cc1. The Morgan fingerprint density at radius 3 is 1.75 bits per heavy atom. The Morgan fingerprint density at radius 1 is 0.448 bits per heavy atom. The number of para-hydroxylation sites is 1. The van der Waals surface area contributed by atoms with E-state index in [1.54, 1.807) is 5.56 Å². The summed E-state index contributed by atoms with van der Waals surface area (Å²) in [5.41, 5.74) is 22.2. The number of benzene rings is 6. The molecule has 67 heavy (non-hydrogen) atoms. The Labute approximate surface area is 403 Å².